The number of fused-ring (bicyclic) bond motifs is 1. The summed E-state index contributed by atoms with van der Waals surface area (Å²) in [6, 6.07) is 10.2. The van der Waals surface area contributed by atoms with Crippen molar-refractivity contribution in [2.24, 2.45) is 0 Å². The fraction of sp³-hybridized carbons (Fsp3) is 0.0667. The van der Waals surface area contributed by atoms with Crippen molar-refractivity contribution in [1.82, 2.24) is 19.7 Å². The molecule has 3 heterocycles. The minimum absolute atomic E-state index is 0.149. The molecule has 22 heavy (non-hydrogen) atoms. The van der Waals surface area contributed by atoms with E-state index in [1.807, 2.05) is 0 Å². The fourth-order valence-electron chi connectivity index (χ4n) is 2.04. The summed E-state index contributed by atoms with van der Waals surface area (Å²) in [4.78, 5) is 32.4. The van der Waals surface area contributed by atoms with Crippen LogP contribution in [0, 0.1) is 0 Å². The summed E-state index contributed by atoms with van der Waals surface area (Å²) in [6.45, 7) is 0.149. The summed E-state index contributed by atoms with van der Waals surface area (Å²) in [7, 11) is 0. The Morgan fingerprint density at radius 1 is 1.23 bits per heavy atom. The molecule has 0 aromatic carbocycles. The number of carbonyl (C=O) groups excluding carboxylic acids is 1. The lowest BCUT2D eigenvalue weighted by molar-refractivity contribution is 0.0945. The van der Waals surface area contributed by atoms with Crippen LogP contribution in [0.4, 0.5) is 0 Å². The summed E-state index contributed by atoms with van der Waals surface area (Å²) in [5.74, 6) is -1.28. The maximum atomic E-state index is 12.3. The first-order chi connectivity index (χ1) is 10.7. The van der Waals surface area contributed by atoms with Crippen LogP contribution in [0.1, 0.15) is 16.1 Å². The predicted octanol–water partition coefficient (Wildman–Crippen LogP) is 0.725. The lowest BCUT2D eigenvalue weighted by Crippen LogP contribution is -2.31. The molecule has 0 atom stereocenters. The Labute approximate surface area is 124 Å². The highest BCUT2D eigenvalue weighted by molar-refractivity contribution is 5.96. The number of hydrogen-bond acceptors (Lipinski definition) is 5. The van der Waals surface area contributed by atoms with Gasteiger partial charge in [0.2, 0.25) is 5.88 Å². The number of amides is 1. The van der Waals surface area contributed by atoms with E-state index in [2.05, 4.69) is 15.3 Å². The van der Waals surface area contributed by atoms with Crippen LogP contribution in [0.2, 0.25) is 0 Å². The number of aromatic nitrogens is 3. The molecule has 7 nitrogen and oxygen atoms in total. The maximum absolute atomic E-state index is 12.3. The Kier molecular flexibility index (Phi) is 3.53. The normalized spacial score (nSPS) is 10.5. The number of nitrogens with one attached hydrogen (secondary N) is 1. The number of aromatic hydroxyl groups is 1. The molecule has 3 aromatic heterocycles. The van der Waals surface area contributed by atoms with Gasteiger partial charge in [-0.1, -0.05) is 12.1 Å². The Morgan fingerprint density at radius 2 is 2.05 bits per heavy atom. The molecule has 2 N–H and O–H groups in total. The zero-order valence-electron chi connectivity index (χ0n) is 11.4. The van der Waals surface area contributed by atoms with Gasteiger partial charge in [-0.15, -0.1) is 0 Å². The highest BCUT2D eigenvalue weighted by atomic mass is 16.3. The van der Waals surface area contributed by atoms with Crippen LogP contribution in [-0.2, 0) is 6.54 Å². The van der Waals surface area contributed by atoms with E-state index in [4.69, 9.17) is 0 Å². The number of carbonyl (C=O) groups is 1. The predicted molar refractivity (Wildman–Crippen MR) is 78.5 cm³/mol. The first-order valence-corrected chi connectivity index (χ1v) is 6.55. The quantitative estimate of drug-likeness (QED) is 0.742. The largest absolute Gasteiger partial charge is 0.493 e. The van der Waals surface area contributed by atoms with E-state index >= 15 is 0 Å². The second-order valence-corrected chi connectivity index (χ2v) is 4.55. The van der Waals surface area contributed by atoms with Crippen LogP contribution in [0.3, 0.4) is 0 Å². The van der Waals surface area contributed by atoms with Crippen LogP contribution < -0.4 is 10.9 Å². The second-order valence-electron chi connectivity index (χ2n) is 4.55. The smallest absolute Gasteiger partial charge is 0.274 e. The molecule has 0 aliphatic rings. The van der Waals surface area contributed by atoms with Crippen molar-refractivity contribution >= 4 is 11.6 Å². The zero-order valence-corrected chi connectivity index (χ0v) is 11.4. The van der Waals surface area contributed by atoms with Crippen molar-refractivity contribution < 1.29 is 9.90 Å². The molecule has 0 radical (unpaired) electrons. The number of pyridine rings is 2. The van der Waals surface area contributed by atoms with Crippen molar-refractivity contribution in [2.75, 3.05) is 0 Å². The van der Waals surface area contributed by atoms with Gasteiger partial charge in [0.05, 0.1) is 12.2 Å². The summed E-state index contributed by atoms with van der Waals surface area (Å²) >= 11 is 0. The highest BCUT2D eigenvalue weighted by Crippen LogP contribution is 2.11. The molecule has 7 heteroatoms. The average Bonchev–Trinajstić information content (AvgIpc) is 2.54. The monoisotopic (exact) mass is 296 g/mol. The molecule has 0 unspecified atom stereocenters. The van der Waals surface area contributed by atoms with Crippen LogP contribution in [-0.4, -0.2) is 25.4 Å². The van der Waals surface area contributed by atoms with Crippen molar-refractivity contribution in [3.8, 4) is 5.88 Å². The van der Waals surface area contributed by atoms with Gasteiger partial charge in [0.25, 0.3) is 11.5 Å². The van der Waals surface area contributed by atoms with E-state index in [9.17, 15) is 14.7 Å². The topological polar surface area (TPSA) is 96.6 Å². The summed E-state index contributed by atoms with van der Waals surface area (Å²) < 4.78 is 1.20. The third-order valence-electron chi connectivity index (χ3n) is 3.10. The van der Waals surface area contributed by atoms with E-state index in [0.717, 1.165) is 0 Å². The van der Waals surface area contributed by atoms with Crippen molar-refractivity contribution in [3.05, 3.63) is 70.4 Å². The van der Waals surface area contributed by atoms with Crippen molar-refractivity contribution in [3.63, 3.8) is 0 Å². The lowest BCUT2D eigenvalue weighted by Gasteiger charge is -2.07. The zero-order chi connectivity index (χ0) is 15.5. The van der Waals surface area contributed by atoms with Crippen molar-refractivity contribution in [2.45, 2.75) is 6.54 Å². The molecule has 0 bridgehead atoms. The minimum atomic E-state index is -0.695. The van der Waals surface area contributed by atoms with Gasteiger partial charge in [-0.25, -0.2) is 0 Å². The molecule has 0 saturated carbocycles. The van der Waals surface area contributed by atoms with E-state index in [-0.39, 0.29) is 17.8 Å². The number of rotatable bonds is 3. The third kappa shape index (κ3) is 2.51. The average molecular weight is 296 g/mol. The molecule has 110 valence electrons. The summed E-state index contributed by atoms with van der Waals surface area (Å²) in [6.07, 6.45) is 3.09. The van der Waals surface area contributed by atoms with E-state index in [1.54, 1.807) is 42.6 Å². The lowest BCUT2D eigenvalue weighted by atomic mass is 10.2. The second kappa shape index (κ2) is 5.65. The molecular weight excluding hydrogens is 284 g/mol. The van der Waals surface area contributed by atoms with Gasteiger partial charge >= 0.3 is 0 Å². The van der Waals surface area contributed by atoms with Gasteiger partial charge in [-0.2, -0.15) is 4.98 Å². The fourth-order valence-corrected chi connectivity index (χ4v) is 2.04. The van der Waals surface area contributed by atoms with Crippen LogP contribution in [0.5, 0.6) is 5.88 Å². The summed E-state index contributed by atoms with van der Waals surface area (Å²) in [5, 5.41) is 12.4. The van der Waals surface area contributed by atoms with Gasteiger partial charge in [-0.3, -0.25) is 19.0 Å². The standard InChI is InChI=1S/C15H12N4O3/c20-13(17-9-10-5-1-3-7-16-10)12-14(21)18-11-6-2-4-8-19(11)15(12)22/h1-8,21H,9H2,(H,17,20). The highest BCUT2D eigenvalue weighted by Gasteiger charge is 2.19. The van der Waals surface area contributed by atoms with Gasteiger partial charge in [0.1, 0.15) is 5.65 Å². The SMILES string of the molecule is O=C(NCc1ccccn1)c1c(O)nc2ccccn2c1=O. The number of hydrogen-bond donors (Lipinski definition) is 2. The summed E-state index contributed by atoms with van der Waals surface area (Å²) in [5.41, 5.74) is -0.100. The third-order valence-corrected chi connectivity index (χ3v) is 3.10. The molecule has 0 aliphatic heterocycles. The molecule has 3 aromatic rings. The molecule has 0 saturated heterocycles. The molecule has 0 spiro atoms. The number of nitrogens with zero attached hydrogens (tertiary/aromatic N) is 3. The van der Waals surface area contributed by atoms with Gasteiger partial charge in [0.15, 0.2) is 5.56 Å². The Balaban J connectivity index is 1.92. The molecule has 1 amide bonds. The molecule has 3 rings (SSSR count). The van der Waals surface area contributed by atoms with Gasteiger partial charge < -0.3 is 10.4 Å². The van der Waals surface area contributed by atoms with E-state index < -0.39 is 17.3 Å². The first-order valence-electron chi connectivity index (χ1n) is 6.55. The van der Waals surface area contributed by atoms with Gasteiger partial charge in [-0.05, 0) is 24.3 Å². The Morgan fingerprint density at radius 3 is 2.82 bits per heavy atom. The Bertz CT molecular complexity index is 890. The minimum Gasteiger partial charge on any atom is -0.493 e. The molecule has 0 fully saturated rings. The van der Waals surface area contributed by atoms with Crippen LogP contribution in [0.15, 0.2) is 53.6 Å². The molecule has 0 aliphatic carbocycles. The van der Waals surface area contributed by atoms with Crippen molar-refractivity contribution in [1.29, 1.82) is 0 Å². The van der Waals surface area contributed by atoms with E-state index in [0.29, 0.717) is 5.69 Å². The Hall–Kier alpha value is -3.22. The van der Waals surface area contributed by atoms with Crippen LogP contribution >= 0.6 is 0 Å². The maximum Gasteiger partial charge on any atom is 0.274 e. The van der Waals surface area contributed by atoms with E-state index in [1.165, 1.54) is 10.6 Å². The van der Waals surface area contributed by atoms with Gasteiger partial charge in [0, 0.05) is 12.4 Å². The first kappa shape index (κ1) is 13.7. The molecular formula is C15H12N4O3. The van der Waals surface area contributed by atoms with Crippen LogP contribution in [0.25, 0.3) is 5.65 Å².